The summed E-state index contributed by atoms with van der Waals surface area (Å²) >= 11 is 0. The first-order valence-electron chi connectivity index (χ1n) is 5.66. The highest BCUT2D eigenvalue weighted by atomic mass is 16.3. The van der Waals surface area contributed by atoms with E-state index in [0.717, 1.165) is 23.6 Å². The maximum Gasteiger partial charge on any atom is 0.116 e. The van der Waals surface area contributed by atoms with E-state index < -0.39 is 0 Å². The van der Waals surface area contributed by atoms with Crippen LogP contribution in [0.5, 0.6) is 5.75 Å². The number of aromatic hydroxyl groups is 1. The lowest BCUT2D eigenvalue weighted by Gasteiger charge is -2.09. The number of benzene rings is 2. The Bertz CT molecular complexity index is 493. The summed E-state index contributed by atoms with van der Waals surface area (Å²) in [6.45, 7) is 2.10. The number of hydrogen-bond donors (Lipinski definition) is 2. The Morgan fingerprint density at radius 1 is 1.12 bits per heavy atom. The molecule has 0 amide bonds. The molecular formula is C14H17NO. The molecule has 0 aliphatic carbocycles. The van der Waals surface area contributed by atoms with Crippen LogP contribution in [0.1, 0.15) is 18.9 Å². The second-order valence-electron chi connectivity index (χ2n) is 4.24. The minimum atomic E-state index is 0.231. The van der Waals surface area contributed by atoms with Gasteiger partial charge in [-0.3, -0.25) is 0 Å². The van der Waals surface area contributed by atoms with Gasteiger partial charge in [-0.1, -0.05) is 31.2 Å². The lowest BCUT2D eigenvalue weighted by Crippen LogP contribution is -2.21. The van der Waals surface area contributed by atoms with E-state index in [9.17, 15) is 5.11 Å². The van der Waals surface area contributed by atoms with Crippen molar-refractivity contribution in [1.29, 1.82) is 0 Å². The SMILES string of the molecule is CCC(N)Cc1ccc2cc(O)ccc2c1. The van der Waals surface area contributed by atoms with E-state index in [1.54, 1.807) is 12.1 Å². The highest BCUT2D eigenvalue weighted by Gasteiger charge is 2.02. The quantitative estimate of drug-likeness (QED) is 0.827. The average molecular weight is 215 g/mol. The van der Waals surface area contributed by atoms with E-state index in [1.165, 1.54) is 5.56 Å². The predicted molar refractivity (Wildman–Crippen MR) is 67.6 cm³/mol. The maximum absolute atomic E-state index is 9.36. The van der Waals surface area contributed by atoms with E-state index in [2.05, 4.69) is 19.1 Å². The molecule has 2 rings (SSSR count). The molecule has 0 aliphatic heterocycles. The van der Waals surface area contributed by atoms with E-state index in [4.69, 9.17) is 5.73 Å². The van der Waals surface area contributed by atoms with Crippen LogP contribution in [0.15, 0.2) is 36.4 Å². The Kier molecular flexibility index (Phi) is 3.11. The van der Waals surface area contributed by atoms with Gasteiger partial charge >= 0.3 is 0 Å². The molecule has 0 radical (unpaired) electrons. The third-order valence-electron chi connectivity index (χ3n) is 2.91. The van der Waals surface area contributed by atoms with Crippen molar-refractivity contribution in [2.75, 3.05) is 0 Å². The van der Waals surface area contributed by atoms with Crippen LogP contribution in [0.3, 0.4) is 0 Å². The lowest BCUT2D eigenvalue weighted by molar-refractivity contribution is 0.476. The first kappa shape index (κ1) is 11.0. The molecule has 0 saturated heterocycles. The molecule has 0 heterocycles. The minimum absolute atomic E-state index is 0.231. The fourth-order valence-electron chi connectivity index (χ4n) is 1.86. The summed E-state index contributed by atoms with van der Waals surface area (Å²) < 4.78 is 0. The standard InChI is InChI=1S/C14H17NO/c1-2-13(15)8-10-3-4-12-9-14(16)6-5-11(12)7-10/h3-7,9,13,16H,2,8,15H2,1H3. The molecule has 2 aromatic rings. The van der Waals surface area contributed by atoms with Gasteiger partial charge in [0, 0.05) is 6.04 Å². The molecule has 84 valence electrons. The maximum atomic E-state index is 9.36. The van der Waals surface area contributed by atoms with E-state index >= 15 is 0 Å². The Morgan fingerprint density at radius 3 is 2.56 bits per heavy atom. The normalized spacial score (nSPS) is 12.9. The van der Waals surface area contributed by atoms with E-state index in [-0.39, 0.29) is 6.04 Å². The number of phenolic OH excluding ortho intramolecular Hbond substituents is 1. The van der Waals surface area contributed by atoms with E-state index in [0.29, 0.717) is 5.75 Å². The van der Waals surface area contributed by atoms with Gasteiger partial charge in [0.25, 0.3) is 0 Å². The number of rotatable bonds is 3. The molecular weight excluding hydrogens is 198 g/mol. The van der Waals surface area contributed by atoms with Gasteiger partial charge in [-0.05, 0) is 41.3 Å². The van der Waals surface area contributed by atoms with Crippen molar-refractivity contribution >= 4 is 10.8 Å². The molecule has 0 bridgehead atoms. The Morgan fingerprint density at radius 2 is 1.81 bits per heavy atom. The highest BCUT2D eigenvalue weighted by Crippen LogP contribution is 2.21. The smallest absolute Gasteiger partial charge is 0.116 e. The zero-order valence-electron chi connectivity index (χ0n) is 9.48. The summed E-state index contributed by atoms with van der Waals surface area (Å²) in [5.74, 6) is 0.311. The van der Waals surface area contributed by atoms with Crippen LogP contribution in [0.4, 0.5) is 0 Å². The topological polar surface area (TPSA) is 46.2 Å². The molecule has 2 nitrogen and oxygen atoms in total. The van der Waals surface area contributed by atoms with Crippen LogP contribution in [-0.4, -0.2) is 11.1 Å². The van der Waals surface area contributed by atoms with Gasteiger partial charge in [-0.25, -0.2) is 0 Å². The zero-order valence-corrected chi connectivity index (χ0v) is 9.48. The number of fused-ring (bicyclic) bond motifs is 1. The number of phenols is 1. The molecule has 0 aliphatic rings. The number of hydrogen-bond acceptors (Lipinski definition) is 2. The molecule has 0 fully saturated rings. The summed E-state index contributed by atoms with van der Waals surface area (Å²) in [6.07, 6.45) is 1.90. The number of nitrogens with two attached hydrogens (primary N) is 1. The first-order chi connectivity index (χ1) is 7.69. The summed E-state index contributed by atoms with van der Waals surface area (Å²) in [4.78, 5) is 0. The van der Waals surface area contributed by atoms with Crippen LogP contribution in [-0.2, 0) is 6.42 Å². The molecule has 0 aromatic heterocycles. The third-order valence-corrected chi connectivity index (χ3v) is 2.91. The van der Waals surface area contributed by atoms with Crippen LogP contribution < -0.4 is 5.73 Å². The zero-order chi connectivity index (χ0) is 11.5. The first-order valence-corrected chi connectivity index (χ1v) is 5.66. The molecule has 16 heavy (non-hydrogen) atoms. The lowest BCUT2D eigenvalue weighted by atomic mass is 10.0. The Labute approximate surface area is 95.7 Å². The molecule has 1 unspecified atom stereocenters. The molecule has 2 heteroatoms. The molecule has 3 N–H and O–H groups in total. The fraction of sp³-hybridized carbons (Fsp3) is 0.286. The molecule has 0 saturated carbocycles. The Balaban J connectivity index is 2.33. The summed E-state index contributed by atoms with van der Waals surface area (Å²) in [5.41, 5.74) is 7.19. The fourth-order valence-corrected chi connectivity index (χ4v) is 1.86. The van der Waals surface area contributed by atoms with Gasteiger partial charge in [0.05, 0.1) is 0 Å². The van der Waals surface area contributed by atoms with Gasteiger partial charge in [0.1, 0.15) is 5.75 Å². The van der Waals surface area contributed by atoms with Crippen molar-refractivity contribution in [1.82, 2.24) is 0 Å². The third kappa shape index (κ3) is 2.34. The van der Waals surface area contributed by atoms with Crippen molar-refractivity contribution in [3.8, 4) is 5.75 Å². The van der Waals surface area contributed by atoms with Crippen LogP contribution in [0.2, 0.25) is 0 Å². The summed E-state index contributed by atoms with van der Waals surface area (Å²) in [5, 5.41) is 11.6. The van der Waals surface area contributed by atoms with Gasteiger partial charge in [0.2, 0.25) is 0 Å². The van der Waals surface area contributed by atoms with Crippen LogP contribution >= 0.6 is 0 Å². The Hall–Kier alpha value is -1.54. The van der Waals surface area contributed by atoms with Crippen molar-refractivity contribution in [3.05, 3.63) is 42.0 Å². The van der Waals surface area contributed by atoms with Crippen molar-refractivity contribution < 1.29 is 5.11 Å². The van der Waals surface area contributed by atoms with Gasteiger partial charge in [-0.15, -0.1) is 0 Å². The second-order valence-corrected chi connectivity index (χ2v) is 4.24. The van der Waals surface area contributed by atoms with E-state index in [1.807, 2.05) is 12.1 Å². The van der Waals surface area contributed by atoms with Crippen LogP contribution in [0, 0.1) is 0 Å². The highest BCUT2D eigenvalue weighted by molar-refractivity contribution is 5.84. The summed E-state index contributed by atoms with van der Waals surface area (Å²) in [7, 11) is 0. The van der Waals surface area contributed by atoms with Gasteiger partial charge < -0.3 is 10.8 Å². The van der Waals surface area contributed by atoms with Crippen molar-refractivity contribution in [2.24, 2.45) is 5.73 Å². The predicted octanol–water partition coefficient (Wildman–Crippen LogP) is 2.83. The largest absolute Gasteiger partial charge is 0.508 e. The molecule has 1 atom stereocenters. The van der Waals surface area contributed by atoms with Crippen LogP contribution in [0.25, 0.3) is 10.8 Å². The molecule has 0 spiro atoms. The summed E-state index contributed by atoms with van der Waals surface area (Å²) in [6, 6.07) is 11.9. The molecule has 2 aromatic carbocycles. The van der Waals surface area contributed by atoms with Gasteiger partial charge in [-0.2, -0.15) is 0 Å². The monoisotopic (exact) mass is 215 g/mol. The van der Waals surface area contributed by atoms with Crippen molar-refractivity contribution in [3.63, 3.8) is 0 Å². The minimum Gasteiger partial charge on any atom is -0.508 e. The van der Waals surface area contributed by atoms with Gasteiger partial charge in [0.15, 0.2) is 0 Å². The van der Waals surface area contributed by atoms with Crippen molar-refractivity contribution in [2.45, 2.75) is 25.8 Å². The second kappa shape index (κ2) is 4.54. The average Bonchev–Trinajstić information content (AvgIpc) is 2.29.